The van der Waals surface area contributed by atoms with Gasteiger partial charge in [0.15, 0.2) is 0 Å². The molecule has 1 saturated carbocycles. The summed E-state index contributed by atoms with van der Waals surface area (Å²) < 4.78 is 0. The molecule has 0 radical (unpaired) electrons. The maximum Gasteiger partial charge on any atom is 0.326 e. The summed E-state index contributed by atoms with van der Waals surface area (Å²) in [7, 11) is 1.76. The van der Waals surface area contributed by atoms with Crippen LogP contribution in [0.1, 0.15) is 46.0 Å². The first-order valence-corrected chi connectivity index (χ1v) is 6.71. The van der Waals surface area contributed by atoms with Crippen LogP contribution in [0.4, 0.5) is 4.79 Å². The molecule has 0 aromatic rings. The van der Waals surface area contributed by atoms with Crippen LogP contribution in [0.2, 0.25) is 0 Å². The molecule has 0 aromatic carbocycles. The fraction of sp³-hybridized carbons (Fsp3) is 0.846. The summed E-state index contributed by atoms with van der Waals surface area (Å²) >= 11 is 0. The summed E-state index contributed by atoms with van der Waals surface area (Å²) in [6.45, 7) is 3.95. The summed E-state index contributed by atoms with van der Waals surface area (Å²) in [4.78, 5) is 24.5. The second kappa shape index (κ2) is 6.61. The SMILES string of the molecule is CC[C@@H](NC(=O)N(C)C1CCCC(C)C1)C(=O)O. The van der Waals surface area contributed by atoms with Crippen LogP contribution in [-0.2, 0) is 4.79 Å². The van der Waals surface area contributed by atoms with Gasteiger partial charge in [-0.2, -0.15) is 0 Å². The van der Waals surface area contributed by atoms with Gasteiger partial charge < -0.3 is 15.3 Å². The minimum absolute atomic E-state index is 0.236. The Hall–Kier alpha value is -1.26. The molecule has 0 saturated heterocycles. The van der Waals surface area contributed by atoms with Gasteiger partial charge in [0.2, 0.25) is 0 Å². The Bertz CT molecular complexity index is 307. The van der Waals surface area contributed by atoms with Crippen LogP contribution in [0.5, 0.6) is 0 Å². The predicted molar refractivity (Wildman–Crippen MR) is 69.4 cm³/mol. The van der Waals surface area contributed by atoms with Gasteiger partial charge in [-0.15, -0.1) is 0 Å². The Morgan fingerprint density at radius 1 is 1.44 bits per heavy atom. The summed E-state index contributed by atoms with van der Waals surface area (Å²) in [5.74, 6) is -0.336. The fourth-order valence-corrected chi connectivity index (χ4v) is 2.51. The van der Waals surface area contributed by atoms with Crippen molar-refractivity contribution in [1.82, 2.24) is 10.2 Å². The number of hydrogen-bond donors (Lipinski definition) is 2. The molecule has 0 heterocycles. The van der Waals surface area contributed by atoms with E-state index in [4.69, 9.17) is 5.11 Å². The third kappa shape index (κ3) is 3.89. The minimum Gasteiger partial charge on any atom is -0.480 e. The van der Waals surface area contributed by atoms with Crippen LogP contribution in [0.3, 0.4) is 0 Å². The lowest BCUT2D eigenvalue weighted by atomic mass is 9.86. The van der Waals surface area contributed by atoms with E-state index in [0.29, 0.717) is 12.3 Å². The van der Waals surface area contributed by atoms with Gasteiger partial charge in [0.05, 0.1) is 0 Å². The highest BCUT2D eigenvalue weighted by Crippen LogP contribution is 2.26. The van der Waals surface area contributed by atoms with Crippen molar-refractivity contribution in [3.63, 3.8) is 0 Å². The molecule has 0 aliphatic heterocycles. The van der Waals surface area contributed by atoms with E-state index in [2.05, 4.69) is 12.2 Å². The Kier molecular flexibility index (Phi) is 5.44. The number of urea groups is 1. The number of aliphatic carboxylic acids is 1. The van der Waals surface area contributed by atoms with Crippen molar-refractivity contribution < 1.29 is 14.7 Å². The van der Waals surface area contributed by atoms with Gasteiger partial charge in [-0.25, -0.2) is 9.59 Å². The van der Waals surface area contributed by atoms with Crippen molar-refractivity contribution in [2.45, 2.75) is 58.0 Å². The molecule has 0 spiro atoms. The average Bonchev–Trinajstić information content (AvgIpc) is 2.34. The molecule has 1 fully saturated rings. The summed E-state index contributed by atoms with van der Waals surface area (Å²) in [6.07, 6.45) is 4.78. The van der Waals surface area contributed by atoms with E-state index in [1.165, 1.54) is 6.42 Å². The van der Waals surface area contributed by atoms with Crippen LogP contribution in [0.15, 0.2) is 0 Å². The second-order valence-corrected chi connectivity index (χ2v) is 5.29. The third-order valence-electron chi connectivity index (χ3n) is 3.78. The average molecular weight is 256 g/mol. The monoisotopic (exact) mass is 256 g/mol. The topological polar surface area (TPSA) is 69.6 Å². The summed E-state index contributed by atoms with van der Waals surface area (Å²) in [5, 5.41) is 11.5. The molecule has 0 bridgehead atoms. The standard InChI is InChI=1S/C13H24N2O3/c1-4-11(12(16)17)14-13(18)15(3)10-7-5-6-9(2)8-10/h9-11H,4-8H2,1-3H3,(H,14,18)(H,16,17)/t9?,10?,11-/m1/s1. The summed E-state index contributed by atoms with van der Waals surface area (Å²) in [5.41, 5.74) is 0. The van der Waals surface area contributed by atoms with Crippen LogP contribution >= 0.6 is 0 Å². The van der Waals surface area contributed by atoms with E-state index in [-0.39, 0.29) is 12.1 Å². The van der Waals surface area contributed by atoms with Gasteiger partial charge >= 0.3 is 12.0 Å². The summed E-state index contributed by atoms with van der Waals surface area (Å²) in [6, 6.07) is -0.829. The van der Waals surface area contributed by atoms with Crippen molar-refractivity contribution in [2.75, 3.05) is 7.05 Å². The van der Waals surface area contributed by atoms with Crippen LogP contribution < -0.4 is 5.32 Å². The molecular formula is C13H24N2O3. The maximum absolute atomic E-state index is 12.0. The highest BCUT2D eigenvalue weighted by Gasteiger charge is 2.27. The molecule has 1 aliphatic carbocycles. The number of amides is 2. The van der Waals surface area contributed by atoms with E-state index in [1.807, 2.05) is 0 Å². The smallest absolute Gasteiger partial charge is 0.326 e. The predicted octanol–water partition coefficient (Wildman–Crippen LogP) is 2.07. The van der Waals surface area contributed by atoms with Crippen molar-refractivity contribution >= 4 is 12.0 Å². The van der Waals surface area contributed by atoms with Gasteiger partial charge in [-0.1, -0.05) is 26.7 Å². The quantitative estimate of drug-likeness (QED) is 0.809. The van der Waals surface area contributed by atoms with Crippen LogP contribution in [0.25, 0.3) is 0 Å². The minimum atomic E-state index is -0.976. The molecule has 2 N–H and O–H groups in total. The Labute approximate surface area is 109 Å². The van der Waals surface area contributed by atoms with E-state index in [9.17, 15) is 9.59 Å². The van der Waals surface area contributed by atoms with E-state index in [1.54, 1.807) is 18.9 Å². The zero-order chi connectivity index (χ0) is 13.7. The zero-order valence-corrected chi connectivity index (χ0v) is 11.5. The first-order valence-electron chi connectivity index (χ1n) is 6.71. The number of nitrogens with zero attached hydrogens (tertiary/aromatic N) is 1. The van der Waals surface area contributed by atoms with Crippen molar-refractivity contribution in [1.29, 1.82) is 0 Å². The molecule has 18 heavy (non-hydrogen) atoms. The van der Waals surface area contributed by atoms with Crippen LogP contribution in [-0.4, -0.2) is 41.1 Å². The molecule has 1 rings (SSSR count). The first-order chi connectivity index (χ1) is 8.45. The number of carbonyl (C=O) groups is 2. The highest BCUT2D eigenvalue weighted by molar-refractivity contribution is 5.82. The number of nitrogens with one attached hydrogen (secondary N) is 1. The largest absolute Gasteiger partial charge is 0.480 e. The number of carbonyl (C=O) groups excluding carboxylic acids is 1. The zero-order valence-electron chi connectivity index (χ0n) is 11.5. The molecule has 2 unspecified atom stereocenters. The lowest BCUT2D eigenvalue weighted by Crippen LogP contribution is -2.50. The van der Waals surface area contributed by atoms with E-state index in [0.717, 1.165) is 19.3 Å². The maximum atomic E-state index is 12.0. The van der Waals surface area contributed by atoms with Gasteiger partial charge in [0, 0.05) is 13.1 Å². The van der Waals surface area contributed by atoms with E-state index < -0.39 is 12.0 Å². The normalized spacial score (nSPS) is 25.3. The first kappa shape index (κ1) is 14.8. The number of hydrogen-bond acceptors (Lipinski definition) is 2. The second-order valence-electron chi connectivity index (χ2n) is 5.29. The molecule has 0 aromatic heterocycles. The van der Waals surface area contributed by atoms with Crippen molar-refractivity contribution in [2.24, 2.45) is 5.92 Å². The lowest BCUT2D eigenvalue weighted by molar-refractivity contribution is -0.139. The Balaban J connectivity index is 2.52. The van der Waals surface area contributed by atoms with Gasteiger partial charge in [-0.05, 0) is 25.2 Å². The molecule has 104 valence electrons. The molecule has 5 heteroatoms. The third-order valence-corrected chi connectivity index (χ3v) is 3.78. The lowest BCUT2D eigenvalue weighted by Gasteiger charge is -2.34. The van der Waals surface area contributed by atoms with Gasteiger partial charge in [0.25, 0.3) is 0 Å². The number of carboxylic acids is 1. The Morgan fingerprint density at radius 3 is 2.61 bits per heavy atom. The molecule has 1 aliphatic rings. The van der Waals surface area contributed by atoms with Crippen molar-refractivity contribution in [3.05, 3.63) is 0 Å². The molecule has 3 atom stereocenters. The Morgan fingerprint density at radius 2 is 2.11 bits per heavy atom. The number of rotatable bonds is 4. The molecule has 2 amide bonds. The van der Waals surface area contributed by atoms with Crippen molar-refractivity contribution in [3.8, 4) is 0 Å². The highest BCUT2D eigenvalue weighted by atomic mass is 16.4. The van der Waals surface area contributed by atoms with Gasteiger partial charge in [-0.3, -0.25) is 0 Å². The van der Waals surface area contributed by atoms with Gasteiger partial charge in [0.1, 0.15) is 6.04 Å². The number of carboxylic acid groups (broad SMARTS) is 1. The van der Waals surface area contributed by atoms with E-state index >= 15 is 0 Å². The fourth-order valence-electron chi connectivity index (χ4n) is 2.51. The molecular weight excluding hydrogens is 232 g/mol. The van der Waals surface area contributed by atoms with Crippen LogP contribution in [0, 0.1) is 5.92 Å². The molecule has 5 nitrogen and oxygen atoms in total.